The molecule has 2 amide bonds. The van der Waals surface area contributed by atoms with E-state index in [2.05, 4.69) is 10.4 Å². The fourth-order valence-electron chi connectivity index (χ4n) is 2.70. The van der Waals surface area contributed by atoms with Crippen LogP contribution in [-0.2, 0) is 24.4 Å². The van der Waals surface area contributed by atoms with E-state index in [1.165, 1.54) is 10.6 Å². The molecule has 0 fully saturated rings. The molecular formula is C16H18FN5O3. The number of aromatic nitrogens is 3. The van der Waals surface area contributed by atoms with Crippen molar-refractivity contribution in [2.24, 2.45) is 0 Å². The number of hydrogen-bond donors (Lipinski definition) is 1. The van der Waals surface area contributed by atoms with Crippen LogP contribution >= 0.6 is 0 Å². The van der Waals surface area contributed by atoms with Crippen LogP contribution in [0.3, 0.4) is 0 Å². The van der Waals surface area contributed by atoms with Crippen molar-refractivity contribution >= 4 is 11.8 Å². The second-order valence-corrected chi connectivity index (χ2v) is 5.67. The summed E-state index contributed by atoms with van der Waals surface area (Å²) in [6, 6.07) is 6.10. The number of amides is 2. The van der Waals surface area contributed by atoms with Crippen molar-refractivity contribution in [1.82, 2.24) is 24.6 Å². The zero-order valence-corrected chi connectivity index (χ0v) is 13.7. The number of benzene rings is 1. The van der Waals surface area contributed by atoms with Crippen LogP contribution in [0.2, 0.25) is 0 Å². The van der Waals surface area contributed by atoms with E-state index in [9.17, 15) is 18.8 Å². The van der Waals surface area contributed by atoms with Gasteiger partial charge in [-0.05, 0) is 13.0 Å². The number of hydrogen-bond acceptors (Lipinski definition) is 4. The molecular weight excluding hydrogens is 329 g/mol. The van der Waals surface area contributed by atoms with E-state index in [1.807, 2.05) is 6.92 Å². The Kier molecular flexibility index (Phi) is 4.64. The van der Waals surface area contributed by atoms with Crippen LogP contribution in [0.5, 0.6) is 0 Å². The van der Waals surface area contributed by atoms with E-state index in [0.717, 1.165) is 4.68 Å². The first-order chi connectivity index (χ1) is 12.0. The number of rotatable bonds is 5. The van der Waals surface area contributed by atoms with E-state index < -0.39 is 17.4 Å². The number of carbonyl (C=O) groups is 2. The molecule has 1 aliphatic rings. The van der Waals surface area contributed by atoms with Crippen LogP contribution in [0.25, 0.3) is 0 Å². The highest BCUT2D eigenvalue weighted by atomic mass is 19.1. The fraction of sp³-hybridized carbons (Fsp3) is 0.375. The average molecular weight is 347 g/mol. The molecule has 0 unspecified atom stereocenters. The predicted octanol–water partition coefficient (Wildman–Crippen LogP) is -0.0240. The highest BCUT2D eigenvalue weighted by Gasteiger charge is 2.28. The molecule has 0 aliphatic carbocycles. The lowest BCUT2D eigenvalue weighted by Gasteiger charge is -2.24. The second-order valence-electron chi connectivity index (χ2n) is 5.67. The van der Waals surface area contributed by atoms with Crippen molar-refractivity contribution in [2.75, 3.05) is 13.1 Å². The van der Waals surface area contributed by atoms with Gasteiger partial charge in [-0.25, -0.2) is 13.9 Å². The monoisotopic (exact) mass is 347 g/mol. The van der Waals surface area contributed by atoms with Crippen LogP contribution < -0.4 is 11.0 Å². The van der Waals surface area contributed by atoms with Gasteiger partial charge < -0.3 is 10.2 Å². The standard InChI is InChI=1S/C16H18FN5O3/c1-2-20-7-8-21-14(15(20)24)19-22(16(21)25)10-13(23)18-9-11-5-3-4-6-12(11)17/h3-6H,2,7-10H2,1H3,(H,18,23). The molecule has 1 aliphatic heterocycles. The number of fused-ring (bicyclic) bond motifs is 1. The first-order valence-corrected chi connectivity index (χ1v) is 7.98. The Morgan fingerprint density at radius 1 is 1.28 bits per heavy atom. The van der Waals surface area contributed by atoms with E-state index in [4.69, 9.17) is 0 Å². The molecule has 0 radical (unpaired) electrons. The average Bonchev–Trinajstić information content (AvgIpc) is 2.92. The molecule has 0 bridgehead atoms. The lowest BCUT2D eigenvalue weighted by molar-refractivity contribution is -0.122. The van der Waals surface area contributed by atoms with Gasteiger partial charge in [-0.2, -0.15) is 0 Å². The number of likely N-dealkylation sites (N-methyl/N-ethyl adjacent to an activating group) is 1. The van der Waals surface area contributed by atoms with Gasteiger partial charge in [0.05, 0.1) is 0 Å². The van der Waals surface area contributed by atoms with Gasteiger partial charge in [-0.1, -0.05) is 18.2 Å². The van der Waals surface area contributed by atoms with Crippen LogP contribution in [0, 0.1) is 5.82 Å². The second kappa shape index (κ2) is 6.88. The molecule has 3 rings (SSSR count). The van der Waals surface area contributed by atoms with Gasteiger partial charge in [0.2, 0.25) is 11.7 Å². The fourth-order valence-corrected chi connectivity index (χ4v) is 2.70. The van der Waals surface area contributed by atoms with E-state index in [0.29, 0.717) is 25.2 Å². The first kappa shape index (κ1) is 16.9. The molecule has 25 heavy (non-hydrogen) atoms. The highest BCUT2D eigenvalue weighted by molar-refractivity contribution is 5.91. The zero-order chi connectivity index (χ0) is 18.0. The van der Waals surface area contributed by atoms with Crippen LogP contribution in [-0.4, -0.2) is 44.2 Å². The quantitative estimate of drug-likeness (QED) is 0.823. The Hall–Kier alpha value is -2.97. The summed E-state index contributed by atoms with van der Waals surface area (Å²) in [5.41, 5.74) is -0.152. The van der Waals surface area contributed by atoms with Gasteiger partial charge in [0, 0.05) is 31.7 Å². The SMILES string of the molecule is CCN1CCn2c(nn(CC(=O)NCc3ccccc3F)c2=O)C1=O. The number of nitrogens with one attached hydrogen (secondary N) is 1. The maximum atomic E-state index is 13.5. The smallest absolute Gasteiger partial charge is 0.346 e. The molecule has 1 aromatic heterocycles. The lowest BCUT2D eigenvalue weighted by atomic mass is 10.2. The number of halogens is 1. The zero-order valence-electron chi connectivity index (χ0n) is 13.7. The topological polar surface area (TPSA) is 89.2 Å². The Bertz CT molecular complexity index is 873. The lowest BCUT2D eigenvalue weighted by Crippen LogP contribution is -2.42. The Balaban J connectivity index is 1.69. The minimum absolute atomic E-state index is 0.0103. The summed E-state index contributed by atoms with van der Waals surface area (Å²) in [5, 5.41) is 6.53. The third-order valence-corrected chi connectivity index (χ3v) is 4.10. The molecule has 0 saturated carbocycles. The van der Waals surface area contributed by atoms with Crippen molar-refractivity contribution in [3.8, 4) is 0 Å². The Morgan fingerprint density at radius 2 is 2.04 bits per heavy atom. The minimum atomic E-state index is -0.500. The number of nitrogens with zero attached hydrogens (tertiary/aromatic N) is 4. The minimum Gasteiger partial charge on any atom is -0.350 e. The molecule has 2 heterocycles. The van der Waals surface area contributed by atoms with Crippen LogP contribution in [0.4, 0.5) is 4.39 Å². The van der Waals surface area contributed by atoms with Crippen LogP contribution in [0.15, 0.2) is 29.1 Å². The summed E-state index contributed by atoms with van der Waals surface area (Å²) >= 11 is 0. The predicted molar refractivity (Wildman–Crippen MR) is 86.3 cm³/mol. The molecule has 9 heteroatoms. The molecule has 132 valence electrons. The normalized spacial score (nSPS) is 13.7. The molecule has 1 N–H and O–H groups in total. The number of carbonyl (C=O) groups excluding carboxylic acids is 2. The van der Waals surface area contributed by atoms with Gasteiger partial charge in [0.1, 0.15) is 12.4 Å². The first-order valence-electron chi connectivity index (χ1n) is 7.98. The van der Waals surface area contributed by atoms with Gasteiger partial charge >= 0.3 is 5.69 Å². The van der Waals surface area contributed by atoms with Crippen molar-refractivity contribution in [2.45, 2.75) is 26.6 Å². The van der Waals surface area contributed by atoms with Crippen molar-refractivity contribution < 1.29 is 14.0 Å². The summed E-state index contributed by atoms with van der Waals surface area (Å²) < 4.78 is 15.8. The van der Waals surface area contributed by atoms with E-state index in [-0.39, 0.29) is 24.8 Å². The van der Waals surface area contributed by atoms with Crippen LogP contribution in [0.1, 0.15) is 23.1 Å². The summed E-state index contributed by atoms with van der Waals surface area (Å²) in [6.45, 7) is 2.85. The summed E-state index contributed by atoms with van der Waals surface area (Å²) in [4.78, 5) is 38.1. The molecule has 1 aromatic carbocycles. The van der Waals surface area contributed by atoms with Crippen molar-refractivity contribution in [3.05, 3.63) is 52.0 Å². The van der Waals surface area contributed by atoms with E-state index >= 15 is 0 Å². The molecule has 8 nitrogen and oxygen atoms in total. The summed E-state index contributed by atoms with van der Waals surface area (Å²) in [5.74, 6) is -1.18. The Labute approximate surface area is 142 Å². The maximum absolute atomic E-state index is 13.5. The van der Waals surface area contributed by atoms with Gasteiger partial charge in [0.15, 0.2) is 0 Å². The van der Waals surface area contributed by atoms with Gasteiger partial charge in [-0.3, -0.25) is 14.2 Å². The highest BCUT2D eigenvalue weighted by Crippen LogP contribution is 2.08. The molecule has 2 aromatic rings. The van der Waals surface area contributed by atoms with Crippen molar-refractivity contribution in [3.63, 3.8) is 0 Å². The van der Waals surface area contributed by atoms with Crippen molar-refractivity contribution in [1.29, 1.82) is 0 Å². The maximum Gasteiger partial charge on any atom is 0.346 e. The van der Waals surface area contributed by atoms with Gasteiger partial charge in [0.25, 0.3) is 5.91 Å². The van der Waals surface area contributed by atoms with E-state index in [1.54, 1.807) is 23.1 Å². The third-order valence-electron chi connectivity index (χ3n) is 4.10. The molecule has 0 spiro atoms. The Morgan fingerprint density at radius 3 is 2.76 bits per heavy atom. The summed E-state index contributed by atoms with van der Waals surface area (Å²) in [7, 11) is 0. The summed E-state index contributed by atoms with van der Waals surface area (Å²) in [6.07, 6.45) is 0. The molecule has 0 atom stereocenters. The largest absolute Gasteiger partial charge is 0.350 e. The third kappa shape index (κ3) is 3.30. The molecule has 0 saturated heterocycles. The van der Waals surface area contributed by atoms with Gasteiger partial charge in [-0.15, -0.1) is 5.10 Å².